The maximum absolute atomic E-state index is 14.7. The van der Waals surface area contributed by atoms with E-state index in [0.717, 1.165) is 12.1 Å². The summed E-state index contributed by atoms with van der Waals surface area (Å²) in [6, 6.07) is 2.98. The molecule has 0 bridgehead atoms. The van der Waals surface area contributed by atoms with E-state index in [0.29, 0.717) is 0 Å². The number of nitrogen functional groups attached to an aromatic ring is 1. The number of benzene rings is 1. The van der Waals surface area contributed by atoms with E-state index in [1.165, 1.54) is 25.4 Å². The van der Waals surface area contributed by atoms with Crippen LogP contribution in [-0.2, 0) is 10.0 Å². The fourth-order valence-electron chi connectivity index (χ4n) is 2.17. The second-order valence-corrected chi connectivity index (χ2v) is 7.67. The molecule has 0 aliphatic carbocycles. The van der Waals surface area contributed by atoms with Crippen LogP contribution in [0.5, 0.6) is 0 Å². The molecule has 0 aliphatic heterocycles. The number of hydrogen-bond donors (Lipinski definition) is 2. The summed E-state index contributed by atoms with van der Waals surface area (Å²) >= 11 is 5.79. The molecule has 0 aliphatic rings. The van der Waals surface area contributed by atoms with Crippen molar-refractivity contribution in [3.05, 3.63) is 64.2 Å². The molecular formula is C17H11ClF2N6O2S. The zero-order valence-corrected chi connectivity index (χ0v) is 16.2. The first-order valence-electron chi connectivity index (χ1n) is 7.77. The summed E-state index contributed by atoms with van der Waals surface area (Å²) in [7, 11) is -4.24. The molecule has 0 radical (unpaired) electrons. The highest BCUT2D eigenvalue weighted by Gasteiger charge is 2.22. The smallest absolute Gasteiger partial charge is 0.263 e. The first kappa shape index (κ1) is 20.4. The molecule has 0 unspecified atom stereocenters. The minimum Gasteiger partial charge on any atom is -0.366 e. The average molecular weight is 437 g/mol. The molecule has 12 heteroatoms. The average Bonchev–Trinajstić information content (AvgIpc) is 2.67. The number of nitrogens with one attached hydrogen (secondary N) is 1. The fraction of sp³-hybridized carbons (Fsp3) is 0.0588. The summed E-state index contributed by atoms with van der Waals surface area (Å²) in [5.74, 6) is 2.35. The normalized spacial score (nSPS) is 10.9. The Bertz CT molecular complexity index is 1260. The summed E-state index contributed by atoms with van der Waals surface area (Å²) in [6.45, 7) is 1.45. The molecule has 148 valence electrons. The number of nitrogens with two attached hydrogens (primary N) is 1. The minimum atomic E-state index is -4.24. The van der Waals surface area contributed by atoms with Gasteiger partial charge >= 0.3 is 0 Å². The standard InChI is InChI=1S/C17H11ClF2N6O2S/c1-9-15(6-10(18)7-22-9)29(27,28)26-14-5-4-13(19)12(16(14)20)3-2-11-8-23-17(21)25-24-11/h4-8,26H,1H3,(H2,21,23,25). The lowest BCUT2D eigenvalue weighted by atomic mass is 10.1. The lowest BCUT2D eigenvalue weighted by Crippen LogP contribution is -2.16. The molecule has 29 heavy (non-hydrogen) atoms. The number of anilines is 2. The summed E-state index contributed by atoms with van der Waals surface area (Å²) in [5, 5.41) is 7.16. The molecule has 8 nitrogen and oxygen atoms in total. The van der Waals surface area contributed by atoms with Crippen LogP contribution in [0.1, 0.15) is 17.0 Å². The van der Waals surface area contributed by atoms with Gasteiger partial charge in [-0.3, -0.25) is 9.71 Å². The van der Waals surface area contributed by atoms with Gasteiger partial charge < -0.3 is 5.73 Å². The van der Waals surface area contributed by atoms with Gasteiger partial charge in [0.05, 0.1) is 28.2 Å². The highest BCUT2D eigenvalue weighted by Crippen LogP contribution is 2.25. The number of rotatable bonds is 3. The van der Waals surface area contributed by atoms with Gasteiger partial charge in [-0.2, -0.15) is 0 Å². The molecular weight excluding hydrogens is 426 g/mol. The topological polar surface area (TPSA) is 124 Å². The maximum atomic E-state index is 14.7. The number of aromatic nitrogens is 4. The van der Waals surface area contributed by atoms with E-state index in [4.69, 9.17) is 17.3 Å². The van der Waals surface area contributed by atoms with E-state index >= 15 is 0 Å². The Morgan fingerprint density at radius 1 is 1.14 bits per heavy atom. The molecule has 0 fully saturated rings. The van der Waals surface area contributed by atoms with E-state index in [1.54, 1.807) is 0 Å². The van der Waals surface area contributed by atoms with E-state index in [9.17, 15) is 17.2 Å². The Hall–Kier alpha value is -3.36. The van der Waals surface area contributed by atoms with Crippen LogP contribution >= 0.6 is 11.6 Å². The van der Waals surface area contributed by atoms with Crippen molar-refractivity contribution < 1.29 is 17.2 Å². The van der Waals surface area contributed by atoms with Crippen molar-refractivity contribution in [2.45, 2.75) is 11.8 Å². The Morgan fingerprint density at radius 3 is 2.59 bits per heavy atom. The Morgan fingerprint density at radius 2 is 1.90 bits per heavy atom. The first-order valence-corrected chi connectivity index (χ1v) is 9.63. The largest absolute Gasteiger partial charge is 0.366 e. The SMILES string of the molecule is Cc1ncc(Cl)cc1S(=O)(=O)Nc1ccc(F)c(C#Cc2cnc(N)nn2)c1F. The van der Waals surface area contributed by atoms with Crippen molar-refractivity contribution in [3.8, 4) is 11.8 Å². The van der Waals surface area contributed by atoms with Crippen molar-refractivity contribution in [2.75, 3.05) is 10.5 Å². The molecule has 0 saturated heterocycles. The molecule has 0 saturated carbocycles. The molecule has 0 spiro atoms. The van der Waals surface area contributed by atoms with Crippen LogP contribution in [0.15, 0.2) is 35.5 Å². The van der Waals surface area contributed by atoms with Gasteiger partial charge in [0, 0.05) is 6.20 Å². The van der Waals surface area contributed by atoms with Gasteiger partial charge in [-0.05, 0) is 31.0 Å². The predicted octanol–water partition coefficient (Wildman–Crippen LogP) is 2.29. The molecule has 3 N–H and O–H groups in total. The van der Waals surface area contributed by atoms with Crippen LogP contribution in [0.4, 0.5) is 20.4 Å². The van der Waals surface area contributed by atoms with E-state index in [-0.39, 0.29) is 27.3 Å². The van der Waals surface area contributed by atoms with Crippen molar-refractivity contribution in [2.24, 2.45) is 0 Å². The monoisotopic (exact) mass is 436 g/mol. The van der Waals surface area contributed by atoms with E-state index in [1.807, 2.05) is 0 Å². The zero-order valence-electron chi connectivity index (χ0n) is 14.6. The van der Waals surface area contributed by atoms with E-state index in [2.05, 4.69) is 36.7 Å². The Balaban J connectivity index is 1.99. The van der Waals surface area contributed by atoms with Crippen LogP contribution in [0, 0.1) is 30.4 Å². The second kappa shape index (κ2) is 7.94. The van der Waals surface area contributed by atoms with Gasteiger partial charge in [-0.15, -0.1) is 10.2 Å². The fourth-order valence-corrected chi connectivity index (χ4v) is 3.68. The van der Waals surface area contributed by atoms with Gasteiger partial charge in [0.1, 0.15) is 10.7 Å². The first-order chi connectivity index (χ1) is 13.7. The molecule has 0 atom stereocenters. The number of pyridine rings is 1. The van der Waals surface area contributed by atoms with Crippen LogP contribution in [0.2, 0.25) is 5.02 Å². The van der Waals surface area contributed by atoms with Gasteiger partial charge in [-0.25, -0.2) is 22.2 Å². The minimum absolute atomic E-state index is 0.0182. The van der Waals surface area contributed by atoms with Crippen LogP contribution < -0.4 is 10.5 Å². The number of nitrogens with zero attached hydrogens (tertiary/aromatic N) is 4. The predicted molar refractivity (Wildman–Crippen MR) is 101 cm³/mol. The molecule has 2 aromatic heterocycles. The molecule has 0 amide bonds. The zero-order chi connectivity index (χ0) is 21.2. The number of hydrogen-bond acceptors (Lipinski definition) is 7. The van der Waals surface area contributed by atoms with Crippen LogP contribution in [0.25, 0.3) is 0 Å². The highest BCUT2D eigenvalue weighted by molar-refractivity contribution is 7.92. The van der Waals surface area contributed by atoms with Gasteiger partial charge in [-0.1, -0.05) is 17.5 Å². The van der Waals surface area contributed by atoms with Crippen LogP contribution in [-0.4, -0.2) is 28.6 Å². The third-order valence-corrected chi connectivity index (χ3v) is 5.21. The summed E-state index contributed by atoms with van der Waals surface area (Å²) in [5.41, 5.74) is 4.30. The lowest BCUT2D eigenvalue weighted by molar-refractivity contribution is 0.577. The van der Waals surface area contributed by atoms with Crippen molar-refractivity contribution in [3.63, 3.8) is 0 Å². The van der Waals surface area contributed by atoms with Crippen molar-refractivity contribution in [1.82, 2.24) is 20.2 Å². The third kappa shape index (κ3) is 4.56. The summed E-state index contributed by atoms with van der Waals surface area (Å²) in [4.78, 5) is 7.27. The second-order valence-electron chi connectivity index (χ2n) is 5.58. The third-order valence-electron chi connectivity index (χ3n) is 3.53. The Kier molecular flexibility index (Phi) is 5.58. The Labute approximate surface area is 169 Å². The summed E-state index contributed by atoms with van der Waals surface area (Å²) in [6.07, 6.45) is 2.45. The van der Waals surface area contributed by atoms with Crippen molar-refractivity contribution >= 4 is 33.3 Å². The molecule has 3 aromatic rings. The number of sulfonamides is 1. The van der Waals surface area contributed by atoms with Gasteiger partial charge in [0.2, 0.25) is 5.95 Å². The van der Waals surface area contributed by atoms with Crippen LogP contribution in [0.3, 0.4) is 0 Å². The van der Waals surface area contributed by atoms with E-state index < -0.39 is 32.9 Å². The lowest BCUT2D eigenvalue weighted by Gasteiger charge is -2.12. The molecule has 2 heterocycles. The number of halogens is 3. The molecule has 1 aromatic carbocycles. The summed E-state index contributed by atoms with van der Waals surface area (Å²) < 4.78 is 56.0. The maximum Gasteiger partial charge on any atom is 0.263 e. The number of aryl methyl sites for hydroxylation is 1. The molecule has 3 rings (SSSR count). The quantitative estimate of drug-likeness (QED) is 0.603. The highest BCUT2D eigenvalue weighted by atomic mass is 35.5. The van der Waals surface area contributed by atoms with Gasteiger partial charge in [0.15, 0.2) is 11.5 Å². The van der Waals surface area contributed by atoms with Crippen molar-refractivity contribution in [1.29, 1.82) is 0 Å². The van der Waals surface area contributed by atoms with Gasteiger partial charge in [0.25, 0.3) is 10.0 Å².